The Hall–Kier alpha value is -1.26. The third kappa shape index (κ3) is 3.37. The predicted molar refractivity (Wildman–Crippen MR) is 70.5 cm³/mol. The lowest BCUT2D eigenvalue weighted by atomic mass is 10.1. The maximum Gasteiger partial charge on any atom is 0.337 e. The van der Waals surface area contributed by atoms with Gasteiger partial charge < -0.3 is 15.2 Å². The summed E-state index contributed by atoms with van der Waals surface area (Å²) >= 11 is 5.83. The summed E-state index contributed by atoms with van der Waals surface area (Å²) in [6, 6.07) is 5.33. The molecule has 1 aromatic rings. The van der Waals surface area contributed by atoms with E-state index >= 15 is 0 Å². The number of ether oxygens (including phenoxy) is 1. The third-order valence-corrected chi connectivity index (χ3v) is 3.35. The van der Waals surface area contributed by atoms with Gasteiger partial charge >= 0.3 is 5.97 Å². The number of aromatic carboxylic acids is 1. The van der Waals surface area contributed by atoms with Crippen molar-refractivity contribution in [2.75, 3.05) is 18.5 Å². The minimum Gasteiger partial charge on any atom is -0.478 e. The van der Waals surface area contributed by atoms with Crippen molar-refractivity contribution >= 4 is 23.3 Å². The van der Waals surface area contributed by atoms with Gasteiger partial charge in [-0.1, -0.05) is 11.6 Å². The van der Waals surface area contributed by atoms with Crippen LogP contribution in [-0.4, -0.2) is 30.3 Å². The molecule has 0 aliphatic carbocycles. The van der Waals surface area contributed by atoms with Crippen LogP contribution in [0.5, 0.6) is 0 Å². The average Bonchev–Trinajstić information content (AvgIpc) is 2.60. The van der Waals surface area contributed by atoms with Gasteiger partial charge in [-0.2, -0.15) is 0 Å². The van der Waals surface area contributed by atoms with Crippen molar-refractivity contribution < 1.29 is 14.6 Å². The molecule has 1 aliphatic rings. The standard InChI is InChI=1S/C13H16ClNO3/c14-12-4-3-10(8-11(12)13(16)17)15-9-2-1-6-18-7-5-9/h3-4,8-9,15H,1-2,5-7H2,(H,16,17). The summed E-state index contributed by atoms with van der Waals surface area (Å²) in [6.45, 7) is 1.55. The lowest BCUT2D eigenvalue weighted by molar-refractivity contribution is 0.0697. The van der Waals surface area contributed by atoms with Gasteiger partial charge in [0.1, 0.15) is 0 Å². The van der Waals surface area contributed by atoms with Crippen LogP contribution in [0.3, 0.4) is 0 Å². The lowest BCUT2D eigenvalue weighted by Crippen LogP contribution is -2.19. The first-order valence-electron chi connectivity index (χ1n) is 6.04. The van der Waals surface area contributed by atoms with Gasteiger partial charge in [0, 0.05) is 24.9 Å². The summed E-state index contributed by atoms with van der Waals surface area (Å²) in [4.78, 5) is 11.0. The van der Waals surface area contributed by atoms with E-state index in [-0.39, 0.29) is 10.6 Å². The number of nitrogens with one attached hydrogen (secondary N) is 1. The highest BCUT2D eigenvalue weighted by molar-refractivity contribution is 6.33. The quantitative estimate of drug-likeness (QED) is 0.886. The van der Waals surface area contributed by atoms with Gasteiger partial charge in [-0.25, -0.2) is 4.79 Å². The summed E-state index contributed by atoms with van der Waals surface area (Å²) in [6.07, 6.45) is 2.99. The Morgan fingerprint density at radius 2 is 2.22 bits per heavy atom. The smallest absolute Gasteiger partial charge is 0.337 e. The van der Waals surface area contributed by atoms with E-state index in [1.807, 2.05) is 0 Å². The van der Waals surface area contributed by atoms with E-state index in [4.69, 9.17) is 21.4 Å². The largest absolute Gasteiger partial charge is 0.478 e. The molecule has 98 valence electrons. The van der Waals surface area contributed by atoms with Crippen molar-refractivity contribution in [3.05, 3.63) is 28.8 Å². The molecule has 5 heteroatoms. The number of hydrogen-bond acceptors (Lipinski definition) is 3. The van der Waals surface area contributed by atoms with E-state index in [2.05, 4.69) is 5.32 Å². The third-order valence-electron chi connectivity index (χ3n) is 3.02. The number of benzene rings is 1. The van der Waals surface area contributed by atoms with E-state index in [0.29, 0.717) is 6.04 Å². The summed E-state index contributed by atoms with van der Waals surface area (Å²) in [5.74, 6) is -1.01. The molecule has 1 heterocycles. The van der Waals surface area contributed by atoms with Crippen molar-refractivity contribution in [1.82, 2.24) is 0 Å². The molecule has 0 bridgehead atoms. The Morgan fingerprint density at radius 3 is 3.00 bits per heavy atom. The number of carboxylic acids is 1. The molecule has 4 nitrogen and oxygen atoms in total. The molecule has 1 aliphatic heterocycles. The second kappa shape index (κ2) is 6.07. The molecule has 1 saturated heterocycles. The molecule has 0 saturated carbocycles. The molecule has 0 spiro atoms. The Balaban J connectivity index is 2.08. The van der Waals surface area contributed by atoms with Crippen LogP contribution < -0.4 is 5.32 Å². The van der Waals surface area contributed by atoms with Crippen LogP contribution in [-0.2, 0) is 4.74 Å². The molecular weight excluding hydrogens is 254 g/mol. The second-order valence-electron chi connectivity index (χ2n) is 4.38. The van der Waals surface area contributed by atoms with Gasteiger partial charge in [-0.05, 0) is 37.5 Å². The maximum absolute atomic E-state index is 11.0. The fourth-order valence-corrected chi connectivity index (χ4v) is 2.26. The summed E-state index contributed by atoms with van der Waals surface area (Å²) in [5, 5.41) is 12.6. The molecule has 0 amide bonds. The molecule has 1 aromatic carbocycles. The number of rotatable bonds is 3. The van der Waals surface area contributed by atoms with Gasteiger partial charge in [0.15, 0.2) is 0 Å². The highest BCUT2D eigenvalue weighted by Crippen LogP contribution is 2.22. The zero-order chi connectivity index (χ0) is 13.0. The van der Waals surface area contributed by atoms with Crippen molar-refractivity contribution in [2.45, 2.75) is 25.3 Å². The number of anilines is 1. The summed E-state index contributed by atoms with van der Waals surface area (Å²) < 4.78 is 5.39. The minimum absolute atomic E-state index is 0.131. The summed E-state index contributed by atoms with van der Waals surface area (Å²) in [7, 11) is 0. The van der Waals surface area contributed by atoms with Crippen LogP contribution in [0.25, 0.3) is 0 Å². The van der Waals surface area contributed by atoms with E-state index < -0.39 is 5.97 Å². The highest BCUT2D eigenvalue weighted by atomic mass is 35.5. The number of halogens is 1. The first-order chi connectivity index (χ1) is 8.66. The predicted octanol–water partition coefficient (Wildman–Crippen LogP) is 3.02. The zero-order valence-corrected chi connectivity index (χ0v) is 10.7. The Labute approximate surface area is 111 Å². The van der Waals surface area contributed by atoms with Gasteiger partial charge in [-0.15, -0.1) is 0 Å². The van der Waals surface area contributed by atoms with Crippen LogP contribution >= 0.6 is 11.6 Å². The van der Waals surface area contributed by atoms with Crippen LogP contribution in [0.1, 0.15) is 29.6 Å². The minimum atomic E-state index is -1.01. The highest BCUT2D eigenvalue weighted by Gasteiger charge is 2.14. The Morgan fingerprint density at radius 1 is 1.39 bits per heavy atom. The van der Waals surface area contributed by atoms with Gasteiger partial charge in [-0.3, -0.25) is 0 Å². The zero-order valence-electron chi connectivity index (χ0n) is 9.99. The first kappa shape index (κ1) is 13.2. The van der Waals surface area contributed by atoms with E-state index in [0.717, 1.165) is 38.2 Å². The fourth-order valence-electron chi connectivity index (χ4n) is 2.06. The van der Waals surface area contributed by atoms with Gasteiger partial charge in [0.05, 0.1) is 10.6 Å². The molecular formula is C13H16ClNO3. The molecule has 1 fully saturated rings. The summed E-state index contributed by atoms with van der Waals surface area (Å²) in [5.41, 5.74) is 0.926. The van der Waals surface area contributed by atoms with E-state index in [1.165, 1.54) is 0 Å². The van der Waals surface area contributed by atoms with Crippen molar-refractivity contribution in [2.24, 2.45) is 0 Å². The van der Waals surface area contributed by atoms with Crippen molar-refractivity contribution in [1.29, 1.82) is 0 Å². The monoisotopic (exact) mass is 269 g/mol. The number of carbonyl (C=O) groups is 1. The molecule has 18 heavy (non-hydrogen) atoms. The fraction of sp³-hybridized carbons (Fsp3) is 0.462. The van der Waals surface area contributed by atoms with Crippen LogP contribution in [0.2, 0.25) is 5.02 Å². The number of carboxylic acid groups (broad SMARTS) is 1. The molecule has 2 rings (SSSR count). The molecule has 0 aromatic heterocycles. The lowest BCUT2D eigenvalue weighted by Gasteiger charge is -2.17. The Kier molecular flexibility index (Phi) is 4.44. The van der Waals surface area contributed by atoms with E-state index in [1.54, 1.807) is 18.2 Å². The second-order valence-corrected chi connectivity index (χ2v) is 4.79. The van der Waals surface area contributed by atoms with E-state index in [9.17, 15) is 4.79 Å². The SMILES string of the molecule is O=C(O)c1cc(NC2CCCOCC2)ccc1Cl. The average molecular weight is 270 g/mol. The number of hydrogen-bond donors (Lipinski definition) is 2. The maximum atomic E-state index is 11.0. The normalized spacial score (nSPS) is 20.2. The van der Waals surface area contributed by atoms with Gasteiger partial charge in [0.2, 0.25) is 0 Å². The molecule has 0 radical (unpaired) electrons. The molecule has 1 unspecified atom stereocenters. The topological polar surface area (TPSA) is 58.6 Å². The van der Waals surface area contributed by atoms with Crippen molar-refractivity contribution in [3.63, 3.8) is 0 Å². The van der Waals surface area contributed by atoms with Crippen LogP contribution in [0.4, 0.5) is 5.69 Å². The molecule has 1 atom stereocenters. The van der Waals surface area contributed by atoms with Crippen LogP contribution in [0.15, 0.2) is 18.2 Å². The first-order valence-corrected chi connectivity index (χ1v) is 6.42. The molecule has 2 N–H and O–H groups in total. The van der Waals surface area contributed by atoms with Crippen molar-refractivity contribution in [3.8, 4) is 0 Å². The Bertz CT molecular complexity index is 428. The van der Waals surface area contributed by atoms with Gasteiger partial charge in [0.25, 0.3) is 0 Å². The van der Waals surface area contributed by atoms with Crippen LogP contribution in [0, 0.1) is 0 Å².